The summed E-state index contributed by atoms with van der Waals surface area (Å²) in [5.41, 5.74) is 3.23. The Hall–Kier alpha value is -4.21. The van der Waals surface area contributed by atoms with Crippen molar-refractivity contribution in [2.75, 3.05) is 26.2 Å². The number of hydrogen-bond donors (Lipinski definition) is 2. The van der Waals surface area contributed by atoms with Gasteiger partial charge in [-0.1, -0.05) is 57.4 Å². The zero-order chi connectivity index (χ0) is 32.3. The maximum absolute atomic E-state index is 14.2. The van der Waals surface area contributed by atoms with Crippen LogP contribution in [0.25, 0.3) is 20.5 Å². The maximum Gasteiger partial charge on any atom is 0.412 e. The third kappa shape index (κ3) is 8.73. The van der Waals surface area contributed by atoms with Crippen molar-refractivity contribution in [2.45, 2.75) is 65.3 Å². The number of benzene rings is 3. The van der Waals surface area contributed by atoms with Gasteiger partial charge in [0.1, 0.15) is 11.5 Å². The zero-order valence-electron chi connectivity index (χ0n) is 26.7. The largest absolute Gasteiger partial charge is 0.412 e. The summed E-state index contributed by atoms with van der Waals surface area (Å²) in [6, 6.07) is 20.5. The van der Waals surface area contributed by atoms with Gasteiger partial charge < -0.3 is 20.1 Å². The minimum Gasteiger partial charge on any atom is -0.410 e. The van der Waals surface area contributed by atoms with Crippen LogP contribution in [0.2, 0.25) is 0 Å². The van der Waals surface area contributed by atoms with Gasteiger partial charge in [-0.3, -0.25) is 9.69 Å². The van der Waals surface area contributed by atoms with E-state index in [9.17, 15) is 14.4 Å². The Morgan fingerprint density at radius 3 is 2.00 bits per heavy atom. The molecule has 1 aliphatic heterocycles. The van der Waals surface area contributed by atoms with Crippen LogP contribution in [-0.4, -0.2) is 49.0 Å². The Morgan fingerprint density at radius 2 is 1.37 bits per heavy atom. The molecule has 0 bridgehead atoms. The van der Waals surface area contributed by atoms with Gasteiger partial charge in [0.05, 0.1) is 0 Å². The summed E-state index contributed by atoms with van der Waals surface area (Å²) in [5, 5.41) is 6.31. The molecule has 0 aliphatic carbocycles. The van der Waals surface area contributed by atoms with Crippen LogP contribution in [0.3, 0.4) is 0 Å². The van der Waals surface area contributed by atoms with Crippen molar-refractivity contribution in [2.24, 2.45) is 0 Å². The number of fused-ring (bicyclic) bond motifs is 1. The number of carbonyl (C=O) groups excluding carboxylic acids is 3. The quantitative estimate of drug-likeness (QED) is 0.112. The maximum atomic E-state index is 14.2. The first kappa shape index (κ1) is 33.2. The smallest absolute Gasteiger partial charge is 0.410 e. The van der Waals surface area contributed by atoms with Gasteiger partial charge >= 0.3 is 12.2 Å². The first-order valence-electron chi connectivity index (χ1n) is 16.4. The topological polar surface area (TPSA) is 97.0 Å². The molecule has 3 aromatic carbocycles. The molecule has 0 saturated carbocycles. The second kappa shape index (κ2) is 16.4. The Labute approximate surface area is 275 Å². The lowest BCUT2D eigenvalue weighted by atomic mass is 9.96. The highest BCUT2D eigenvalue weighted by Crippen LogP contribution is 2.41. The van der Waals surface area contributed by atoms with E-state index in [1.165, 1.54) is 36.2 Å². The van der Waals surface area contributed by atoms with E-state index >= 15 is 0 Å². The van der Waals surface area contributed by atoms with Crippen molar-refractivity contribution < 1.29 is 23.9 Å². The van der Waals surface area contributed by atoms with Crippen LogP contribution in [0.1, 0.15) is 80.3 Å². The first-order chi connectivity index (χ1) is 22.4. The SMILES string of the molecule is CCCCNC(=O)Oc1ccc(-c2sc3cc(OC(=O)NCCCC)ccc3c2C(=O)c2ccc(CN3CCCCC3)cc2)cc1. The van der Waals surface area contributed by atoms with Crippen LogP contribution in [0.15, 0.2) is 66.7 Å². The standard InChI is InChI=1S/C37H43N3O5S/c1-3-5-20-38-36(42)44-29-16-14-28(15-17-29)35-33(31-19-18-30(24-32(31)46-35)45-37(43)39-21-6-4-2)34(41)27-12-10-26(11-13-27)25-40-22-8-7-9-23-40/h10-19,24H,3-9,20-23,25H2,1-2H3,(H,38,42)(H,39,43). The molecule has 0 radical (unpaired) electrons. The molecule has 2 N–H and O–H groups in total. The van der Waals surface area contributed by atoms with Gasteiger partial charge in [0.15, 0.2) is 5.78 Å². The van der Waals surface area contributed by atoms with Gasteiger partial charge in [0.2, 0.25) is 0 Å². The Morgan fingerprint density at radius 1 is 0.761 bits per heavy atom. The van der Waals surface area contributed by atoms with Crippen molar-refractivity contribution in [3.63, 3.8) is 0 Å². The third-order valence-electron chi connectivity index (χ3n) is 8.10. The van der Waals surface area contributed by atoms with E-state index in [4.69, 9.17) is 9.47 Å². The number of thiophene rings is 1. The number of rotatable bonds is 13. The van der Waals surface area contributed by atoms with Gasteiger partial charge in [0.25, 0.3) is 0 Å². The number of unbranched alkanes of at least 4 members (excludes halogenated alkanes) is 2. The van der Waals surface area contributed by atoms with Gasteiger partial charge in [-0.15, -0.1) is 11.3 Å². The molecule has 0 unspecified atom stereocenters. The van der Waals surface area contributed by atoms with Crippen LogP contribution >= 0.6 is 11.3 Å². The molecule has 46 heavy (non-hydrogen) atoms. The number of ketones is 1. The second-order valence-corrected chi connectivity index (χ2v) is 12.7. The van der Waals surface area contributed by atoms with Gasteiger partial charge in [-0.25, -0.2) is 9.59 Å². The molecule has 2 amide bonds. The summed E-state index contributed by atoms with van der Waals surface area (Å²) in [7, 11) is 0. The predicted octanol–water partition coefficient (Wildman–Crippen LogP) is 8.56. The van der Waals surface area contributed by atoms with Crippen molar-refractivity contribution in [1.29, 1.82) is 0 Å². The van der Waals surface area contributed by atoms with E-state index in [0.29, 0.717) is 35.7 Å². The summed E-state index contributed by atoms with van der Waals surface area (Å²) in [4.78, 5) is 41.9. The van der Waals surface area contributed by atoms with Crippen molar-refractivity contribution in [3.05, 3.63) is 83.4 Å². The summed E-state index contributed by atoms with van der Waals surface area (Å²) in [6.45, 7) is 8.35. The van der Waals surface area contributed by atoms with E-state index in [0.717, 1.165) is 65.8 Å². The molecule has 1 fully saturated rings. The summed E-state index contributed by atoms with van der Waals surface area (Å²) in [5.74, 6) is 0.751. The van der Waals surface area contributed by atoms with Gasteiger partial charge in [0, 0.05) is 45.7 Å². The number of hydrogen-bond acceptors (Lipinski definition) is 7. The minimum absolute atomic E-state index is 0.0765. The predicted molar refractivity (Wildman–Crippen MR) is 184 cm³/mol. The van der Waals surface area contributed by atoms with E-state index in [1.807, 2.05) is 30.3 Å². The zero-order valence-corrected chi connectivity index (χ0v) is 27.5. The number of nitrogens with one attached hydrogen (secondary N) is 2. The summed E-state index contributed by atoms with van der Waals surface area (Å²) >= 11 is 1.46. The second-order valence-electron chi connectivity index (χ2n) is 11.7. The molecule has 1 aromatic heterocycles. The molecule has 242 valence electrons. The normalized spacial score (nSPS) is 13.3. The van der Waals surface area contributed by atoms with Crippen LogP contribution in [0.5, 0.6) is 11.5 Å². The molecule has 1 saturated heterocycles. The molecule has 1 aliphatic rings. The summed E-state index contributed by atoms with van der Waals surface area (Å²) in [6.07, 6.45) is 6.49. The molecular formula is C37H43N3O5S. The summed E-state index contributed by atoms with van der Waals surface area (Å²) < 4.78 is 11.8. The fraction of sp³-hybridized carbons (Fsp3) is 0.378. The molecular weight excluding hydrogens is 598 g/mol. The number of likely N-dealkylation sites (tertiary alicyclic amines) is 1. The highest BCUT2D eigenvalue weighted by Gasteiger charge is 2.23. The fourth-order valence-electron chi connectivity index (χ4n) is 5.55. The van der Waals surface area contributed by atoms with E-state index < -0.39 is 12.2 Å². The van der Waals surface area contributed by atoms with E-state index in [-0.39, 0.29) is 5.78 Å². The number of nitrogens with zero attached hydrogens (tertiary/aromatic N) is 1. The van der Waals surface area contributed by atoms with E-state index in [1.54, 1.807) is 24.3 Å². The van der Waals surface area contributed by atoms with Crippen LogP contribution in [0, 0.1) is 0 Å². The highest BCUT2D eigenvalue weighted by molar-refractivity contribution is 7.22. The first-order valence-corrected chi connectivity index (χ1v) is 17.2. The monoisotopic (exact) mass is 641 g/mol. The van der Waals surface area contributed by atoms with Crippen molar-refractivity contribution in [1.82, 2.24) is 15.5 Å². The highest BCUT2D eigenvalue weighted by atomic mass is 32.1. The Balaban J connectivity index is 1.42. The third-order valence-corrected chi connectivity index (χ3v) is 9.30. The Bertz CT molecular complexity index is 1630. The molecule has 4 aromatic rings. The molecule has 8 nitrogen and oxygen atoms in total. The minimum atomic E-state index is -0.500. The Kier molecular flexibility index (Phi) is 11.8. The van der Waals surface area contributed by atoms with Crippen LogP contribution < -0.4 is 20.1 Å². The van der Waals surface area contributed by atoms with Crippen molar-refractivity contribution in [3.8, 4) is 21.9 Å². The molecule has 2 heterocycles. The molecule has 0 spiro atoms. The van der Waals surface area contributed by atoms with Crippen LogP contribution in [0.4, 0.5) is 9.59 Å². The lowest BCUT2D eigenvalue weighted by Gasteiger charge is -2.26. The lowest BCUT2D eigenvalue weighted by molar-refractivity contribution is 0.104. The van der Waals surface area contributed by atoms with Crippen molar-refractivity contribution >= 4 is 39.4 Å². The average molecular weight is 642 g/mol. The fourth-order valence-corrected chi connectivity index (χ4v) is 6.78. The number of amides is 2. The molecule has 9 heteroatoms. The van der Waals surface area contributed by atoms with Gasteiger partial charge in [-0.2, -0.15) is 0 Å². The molecule has 0 atom stereocenters. The van der Waals surface area contributed by atoms with Crippen LogP contribution in [-0.2, 0) is 6.54 Å². The number of carbonyl (C=O) groups is 3. The number of piperidine rings is 1. The number of ether oxygens (including phenoxy) is 2. The van der Waals surface area contributed by atoms with Gasteiger partial charge in [-0.05, 0) is 92.4 Å². The lowest BCUT2D eigenvalue weighted by Crippen LogP contribution is -2.29. The average Bonchev–Trinajstić information content (AvgIpc) is 3.44. The van der Waals surface area contributed by atoms with E-state index in [2.05, 4.69) is 41.5 Å². The molecule has 5 rings (SSSR count).